The highest BCUT2D eigenvalue weighted by atomic mass is 35.5. The number of thiocarbonyl (C=S) groups is 1. The monoisotopic (exact) mass is 571 g/mol. The second-order valence-electron chi connectivity index (χ2n) is 10.2. The third-order valence-electron chi connectivity index (χ3n) is 7.65. The fourth-order valence-corrected chi connectivity index (χ4v) is 6.15. The summed E-state index contributed by atoms with van der Waals surface area (Å²) in [5.74, 6) is -0.0382. The number of benzene rings is 2. The van der Waals surface area contributed by atoms with Crippen LogP contribution in [0, 0.1) is 20.8 Å². The van der Waals surface area contributed by atoms with Crippen molar-refractivity contribution < 1.29 is 4.79 Å². The van der Waals surface area contributed by atoms with Gasteiger partial charge in [-0.2, -0.15) is 0 Å². The number of hydrogen-bond acceptors (Lipinski definition) is 3. The van der Waals surface area contributed by atoms with Crippen molar-refractivity contribution in [2.24, 2.45) is 0 Å². The molecule has 0 aliphatic carbocycles. The van der Waals surface area contributed by atoms with Gasteiger partial charge in [0.1, 0.15) is 0 Å². The number of aryl methyl sites for hydroxylation is 3. The highest BCUT2D eigenvalue weighted by Gasteiger charge is 2.41. The van der Waals surface area contributed by atoms with E-state index in [0.717, 1.165) is 51.6 Å². The first-order valence-corrected chi connectivity index (χ1v) is 14.4. The van der Waals surface area contributed by atoms with Crippen LogP contribution >= 0.6 is 23.8 Å². The molecule has 6 nitrogen and oxygen atoms in total. The first kappa shape index (κ1) is 27.9. The van der Waals surface area contributed by atoms with Gasteiger partial charge in [-0.15, -0.1) is 0 Å². The van der Waals surface area contributed by atoms with Gasteiger partial charge < -0.3 is 20.1 Å². The number of carbonyl (C=O) groups excluding carboxylic acids is 1. The molecular formula is C32H34ClN5OS. The number of carbonyl (C=O) groups is 1. The standard InChI is InChI=1S/C32H34ClN5OS/c1-5-23-10-6-7-11-26(23)35-29(39)15-17-37-31(30(36-32(37)40)27-12-8-9-16-34-27)25-18-21(3)38(22(25)4)28-19-24(33)14-13-20(28)2/h6-14,16,18-19,30-31H,5,15,17H2,1-4H3,(H,35,39)(H,36,40)/t30-,31-/m0/s1. The Bertz CT molecular complexity index is 1550. The maximum absolute atomic E-state index is 13.1. The number of aromatic nitrogens is 2. The third-order valence-corrected chi connectivity index (χ3v) is 8.24. The Morgan fingerprint density at radius 3 is 2.60 bits per heavy atom. The lowest BCUT2D eigenvalue weighted by Crippen LogP contribution is -2.33. The minimum Gasteiger partial charge on any atom is -0.352 e. The predicted octanol–water partition coefficient (Wildman–Crippen LogP) is 7.01. The van der Waals surface area contributed by atoms with Gasteiger partial charge in [0.15, 0.2) is 5.11 Å². The van der Waals surface area contributed by atoms with Crippen molar-refractivity contribution in [3.63, 3.8) is 0 Å². The van der Waals surface area contributed by atoms with Crippen LogP contribution in [0.4, 0.5) is 5.69 Å². The summed E-state index contributed by atoms with van der Waals surface area (Å²) in [6.45, 7) is 8.89. The van der Waals surface area contributed by atoms with Crippen LogP contribution in [-0.4, -0.2) is 32.0 Å². The summed E-state index contributed by atoms with van der Waals surface area (Å²) in [5, 5.41) is 7.92. The van der Waals surface area contributed by atoms with Crippen LogP contribution < -0.4 is 10.6 Å². The molecule has 2 N–H and O–H groups in total. The highest BCUT2D eigenvalue weighted by Crippen LogP contribution is 2.41. The van der Waals surface area contributed by atoms with E-state index in [9.17, 15) is 4.79 Å². The Kier molecular flexibility index (Phi) is 8.24. The molecule has 3 heterocycles. The summed E-state index contributed by atoms with van der Waals surface area (Å²) in [6, 6.07) is 21.7. The van der Waals surface area contributed by atoms with Crippen LogP contribution in [-0.2, 0) is 11.2 Å². The van der Waals surface area contributed by atoms with Crippen LogP contribution in [0.2, 0.25) is 5.02 Å². The average molecular weight is 572 g/mol. The number of amides is 1. The molecule has 1 aliphatic rings. The molecule has 2 aromatic carbocycles. The Balaban J connectivity index is 1.49. The van der Waals surface area contributed by atoms with Crippen LogP contribution in [0.1, 0.15) is 59.2 Å². The Morgan fingerprint density at radius 1 is 1.07 bits per heavy atom. The first-order chi connectivity index (χ1) is 19.3. The molecule has 206 valence electrons. The Labute approximate surface area is 246 Å². The molecule has 0 radical (unpaired) electrons. The molecule has 0 spiro atoms. The van der Waals surface area contributed by atoms with Crippen molar-refractivity contribution in [2.75, 3.05) is 11.9 Å². The lowest BCUT2D eigenvalue weighted by Gasteiger charge is -2.28. The number of anilines is 1. The SMILES string of the molecule is CCc1ccccc1NC(=O)CCN1C(=S)N[C@@H](c2ccccn2)[C@@H]1c1cc(C)n(-c2cc(Cl)ccc2C)c1C. The van der Waals surface area contributed by atoms with Gasteiger partial charge >= 0.3 is 0 Å². The van der Waals surface area contributed by atoms with Gasteiger partial charge in [-0.1, -0.05) is 48.9 Å². The van der Waals surface area contributed by atoms with E-state index in [-0.39, 0.29) is 18.0 Å². The lowest BCUT2D eigenvalue weighted by molar-refractivity contribution is -0.116. The van der Waals surface area contributed by atoms with Crippen LogP contribution in [0.15, 0.2) is 72.9 Å². The fraction of sp³-hybridized carbons (Fsp3) is 0.281. The zero-order valence-corrected chi connectivity index (χ0v) is 24.8. The van der Waals surface area contributed by atoms with Gasteiger partial charge in [0, 0.05) is 46.9 Å². The molecule has 0 bridgehead atoms. The second-order valence-corrected chi connectivity index (χ2v) is 11.0. The van der Waals surface area contributed by atoms with E-state index >= 15 is 0 Å². The van der Waals surface area contributed by atoms with E-state index in [1.807, 2.05) is 60.7 Å². The molecule has 5 rings (SSSR count). The smallest absolute Gasteiger partial charge is 0.226 e. The molecule has 1 fully saturated rings. The molecule has 0 unspecified atom stereocenters. The van der Waals surface area contributed by atoms with E-state index in [1.165, 1.54) is 0 Å². The molecule has 1 aliphatic heterocycles. The maximum atomic E-state index is 13.1. The van der Waals surface area contributed by atoms with Gasteiger partial charge in [0.2, 0.25) is 5.91 Å². The Hall–Kier alpha value is -3.68. The number of nitrogens with zero attached hydrogens (tertiary/aromatic N) is 3. The topological polar surface area (TPSA) is 62.2 Å². The molecule has 1 amide bonds. The summed E-state index contributed by atoms with van der Waals surface area (Å²) < 4.78 is 2.25. The summed E-state index contributed by atoms with van der Waals surface area (Å²) >= 11 is 12.3. The zero-order valence-electron chi connectivity index (χ0n) is 23.2. The number of halogens is 1. The lowest BCUT2D eigenvalue weighted by atomic mass is 9.96. The van der Waals surface area contributed by atoms with E-state index in [2.05, 4.69) is 58.8 Å². The van der Waals surface area contributed by atoms with Crippen molar-refractivity contribution in [3.05, 3.63) is 112 Å². The number of rotatable bonds is 8. The molecule has 1 saturated heterocycles. The molecular weight excluding hydrogens is 538 g/mol. The van der Waals surface area contributed by atoms with Crippen molar-refractivity contribution >= 4 is 40.5 Å². The van der Waals surface area contributed by atoms with Crippen molar-refractivity contribution in [2.45, 2.75) is 52.6 Å². The normalized spacial score (nSPS) is 16.7. The van der Waals surface area contributed by atoms with Gasteiger partial charge in [0.25, 0.3) is 0 Å². The fourth-order valence-electron chi connectivity index (χ4n) is 5.65. The summed E-state index contributed by atoms with van der Waals surface area (Å²) in [7, 11) is 0. The summed E-state index contributed by atoms with van der Waals surface area (Å²) in [5.41, 5.74) is 8.42. The number of nitrogens with one attached hydrogen (secondary N) is 2. The molecule has 0 saturated carbocycles. The molecule has 4 aromatic rings. The quantitative estimate of drug-likeness (QED) is 0.223. The molecule has 8 heteroatoms. The average Bonchev–Trinajstić information content (AvgIpc) is 3.43. The molecule has 2 aromatic heterocycles. The minimum atomic E-state index is -0.160. The first-order valence-electron chi connectivity index (χ1n) is 13.6. The molecule has 2 atom stereocenters. The molecule has 40 heavy (non-hydrogen) atoms. The number of hydrogen-bond donors (Lipinski definition) is 2. The minimum absolute atomic E-state index is 0.0382. The third kappa shape index (κ3) is 5.49. The van der Waals surface area contributed by atoms with Crippen LogP contribution in [0.3, 0.4) is 0 Å². The van der Waals surface area contributed by atoms with Gasteiger partial charge in [-0.05, 0) is 92.5 Å². The summed E-state index contributed by atoms with van der Waals surface area (Å²) in [4.78, 5) is 19.9. The second kappa shape index (κ2) is 11.8. The van der Waals surface area contributed by atoms with Gasteiger partial charge in [-0.25, -0.2) is 0 Å². The summed E-state index contributed by atoms with van der Waals surface area (Å²) in [6.07, 6.45) is 2.96. The van der Waals surface area contributed by atoms with Gasteiger partial charge in [0.05, 0.1) is 17.8 Å². The maximum Gasteiger partial charge on any atom is 0.226 e. The van der Waals surface area contributed by atoms with Crippen molar-refractivity contribution in [1.29, 1.82) is 0 Å². The van der Waals surface area contributed by atoms with Gasteiger partial charge in [-0.3, -0.25) is 9.78 Å². The number of para-hydroxylation sites is 1. The number of pyridine rings is 1. The van der Waals surface area contributed by atoms with Crippen molar-refractivity contribution in [1.82, 2.24) is 19.8 Å². The highest BCUT2D eigenvalue weighted by molar-refractivity contribution is 7.80. The van der Waals surface area contributed by atoms with E-state index < -0.39 is 0 Å². The van der Waals surface area contributed by atoms with Crippen LogP contribution in [0.5, 0.6) is 0 Å². The van der Waals surface area contributed by atoms with Crippen molar-refractivity contribution in [3.8, 4) is 5.69 Å². The van der Waals surface area contributed by atoms with Crippen LogP contribution in [0.25, 0.3) is 5.69 Å². The van der Waals surface area contributed by atoms with E-state index in [4.69, 9.17) is 23.8 Å². The predicted molar refractivity (Wildman–Crippen MR) is 166 cm³/mol. The zero-order chi connectivity index (χ0) is 28.4. The largest absolute Gasteiger partial charge is 0.352 e. The van der Waals surface area contributed by atoms with E-state index in [1.54, 1.807) is 6.20 Å². The Morgan fingerprint density at radius 2 is 1.85 bits per heavy atom. The van der Waals surface area contributed by atoms with E-state index in [0.29, 0.717) is 23.1 Å².